The van der Waals surface area contributed by atoms with Crippen LogP contribution in [-0.4, -0.2) is 61.9 Å². The van der Waals surface area contributed by atoms with Gasteiger partial charge in [-0.15, -0.1) is 10.2 Å². The summed E-state index contributed by atoms with van der Waals surface area (Å²) in [5.41, 5.74) is 7.80. The molecule has 0 bridgehead atoms. The molecule has 3 aromatic carbocycles. The molecule has 1 aromatic heterocycles. The van der Waals surface area contributed by atoms with Crippen LogP contribution in [0.2, 0.25) is 0 Å². The average molecular weight is 502 g/mol. The van der Waals surface area contributed by atoms with Crippen molar-refractivity contribution in [2.24, 2.45) is 5.73 Å². The zero-order valence-corrected chi connectivity index (χ0v) is 20.7. The maximum Gasteiger partial charge on any atom is 0.287 e. The molecule has 0 aliphatic rings. The van der Waals surface area contributed by atoms with Crippen molar-refractivity contribution in [1.29, 1.82) is 0 Å². The number of carbonyl (C=O) groups is 2. The Morgan fingerprint density at radius 3 is 2.11 bits per heavy atom. The average Bonchev–Trinajstić information content (AvgIpc) is 3.35. The number of rotatable bonds is 8. The monoisotopic (exact) mass is 501 g/mol. The number of amides is 2. The number of nitrogens with two attached hydrogens (primary N) is 1. The third kappa shape index (κ3) is 4.81. The van der Waals surface area contributed by atoms with E-state index in [0.717, 1.165) is 0 Å². The second-order valence-electron chi connectivity index (χ2n) is 8.19. The predicted molar refractivity (Wildman–Crippen MR) is 138 cm³/mol. The van der Waals surface area contributed by atoms with E-state index in [0.29, 0.717) is 41.2 Å². The van der Waals surface area contributed by atoms with Crippen molar-refractivity contribution >= 4 is 11.8 Å². The van der Waals surface area contributed by atoms with Gasteiger partial charge in [-0.3, -0.25) is 14.2 Å². The molecule has 2 amide bonds. The maximum atomic E-state index is 12.7. The number of phenolic OH excluding ortho intramolecular Hbond substituents is 2. The summed E-state index contributed by atoms with van der Waals surface area (Å²) < 4.78 is 6.62. The highest BCUT2D eigenvalue weighted by Crippen LogP contribution is 2.40. The van der Waals surface area contributed by atoms with E-state index in [2.05, 4.69) is 10.2 Å². The van der Waals surface area contributed by atoms with E-state index in [-0.39, 0.29) is 34.6 Å². The van der Waals surface area contributed by atoms with Crippen molar-refractivity contribution in [2.75, 3.05) is 20.2 Å². The minimum absolute atomic E-state index is 0.0845. The Morgan fingerprint density at radius 1 is 0.919 bits per heavy atom. The molecule has 0 saturated carbocycles. The van der Waals surface area contributed by atoms with Crippen molar-refractivity contribution in [2.45, 2.75) is 13.8 Å². The van der Waals surface area contributed by atoms with Crippen LogP contribution in [0.3, 0.4) is 0 Å². The van der Waals surface area contributed by atoms with Gasteiger partial charge in [-0.05, 0) is 61.9 Å². The number of ether oxygens (including phenoxy) is 1. The van der Waals surface area contributed by atoms with Crippen LogP contribution in [0.25, 0.3) is 28.2 Å². The first-order chi connectivity index (χ1) is 17.8. The molecular formula is C27H27N5O5. The van der Waals surface area contributed by atoms with Crippen LogP contribution in [0.4, 0.5) is 0 Å². The van der Waals surface area contributed by atoms with Crippen molar-refractivity contribution in [3.05, 3.63) is 72.1 Å². The summed E-state index contributed by atoms with van der Waals surface area (Å²) in [5, 5.41) is 29.4. The van der Waals surface area contributed by atoms with Gasteiger partial charge in [0.2, 0.25) is 5.82 Å². The highest BCUT2D eigenvalue weighted by molar-refractivity contribution is 5.95. The fraction of sp³-hybridized carbons (Fsp3) is 0.185. The minimum atomic E-state index is -0.804. The molecule has 10 heteroatoms. The Hall–Kier alpha value is -4.86. The number of aromatic hydroxyl groups is 2. The lowest BCUT2D eigenvalue weighted by molar-refractivity contribution is 0.0772. The van der Waals surface area contributed by atoms with Gasteiger partial charge in [-0.25, -0.2) is 0 Å². The van der Waals surface area contributed by atoms with Crippen molar-refractivity contribution in [3.63, 3.8) is 0 Å². The van der Waals surface area contributed by atoms with Gasteiger partial charge in [-0.2, -0.15) is 0 Å². The van der Waals surface area contributed by atoms with E-state index < -0.39 is 5.91 Å². The zero-order chi connectivity index (χ0) is 26.7. The number of benzene rings is 3. The van der Waals surface area contributed by atoms with Gasteiger partial charge in [-0.1, -0.05) is 12.1 Å². The lowest BCUT2D eigenvalue weighted by Gasteiger charge is -2.18. The van der Waals surface area contributed by atoms with Crippen LogP contribution >= 0.6 is 0 Å². The smallest absolute Gasteiger partial charge is 0.287 e. The van der Waals surface area contributed by atoms with Gasteiger partial charge < -0.3 is 25.6 Å². The maximum absolute atomic E-state index is 12.7. The normalized spacial score (nSPS) is 10.8. The Kier molecular flexibility index (Phi) is 7.10. The number of carbonyl (C=O) groups excluding carboxylic acids is 2. The lowest BCUT2D eigenvalue weighted by Crippen LogP contribution is -2.30. The standard InChI is InChI=1S/C27H27N5O5/c1-4-31(5-2)27(36)17-8-6-16(7-9-17)20-14-21(23(34)15-22(20)33)25-29-30-26(24(28)35)32(25)18-10-12-19(37-3)13-11-18/h6-15,33-34H,4-5H2,1-3H3,(H2,28,35). The van der Waals surface area contributed by atoms with Gasteiger partial charge in [0.1, 0.15) is 17.2 Å². The Bertz CT molecular complexity index is 1440. The number of aromatic nitrogens is 3. The molecule has 0 radical (unpaired) electrons. The number of nitrogens with zero attached hydrogens (tertiary/aromatic N) is 4. The molecule has 0 unspecified atom stereocenters. The molecule has 10 nitrogen and oxygen atoms in total. The highest BCUT2D eigenvalue weighted by Gasteiger charge is 2.23. The Balaban J connectivity index is 1.81. The quantitative estimate of drug-likeness (QED) is 0.335. The highest BCUT2D eigenvalue weighted by atomic mass is 16.5. The van der Waals surface area contributed by atoms with Crippen LogP contribution in [0.5, 0.6) is 17.2 Å². The van der Waals surface area contributed by atoms with Gasteiger partial charge >= 0.3 is 0 Å². The van der Waals surface area contributed by atoms with Crippen molar-refractivity contribution in [1.82, 2.24) is 19.7 Å². The summed E-state index contributed by atoms with van der Waals surface area (Å²) in [6, 6.07) is 16.3. The van der Waals surface area contributed by atoms with Crippen LogP contribution in [-0.2, 0) is 0 Å². The molecular weight excluding hydrogens is 474 g/mol. The largest absolute Gasteiger partial charge is 0.507 e. The third-order valence-corrected chi connectivity index (χ3v) is 6.06. The van der Waals surface area contributed by atoms with Crippen molar-refractivity contribution in [3.8, 4) is 45.5 Å². The summed E-state index contributed by atoms with van der Waals surface area (Å²) in [7, 11) is 1.54. The molecule has 0 atom stereocenters. The molecule has 0 saturated heterocycles. The number of methoxy groups -OCH3 is 1. The molecule has 37 heavy (non-hydrogen) atoms. The summed E-state index contributed by atoms with van der Waals surface area (Å²) in [4.78, 5) is 26.5. The number of hydrogen-bond donors (Lipinski definition) is 3. The fourth-order valence-electron chi connectivity index (χ4n) is 4.07. The van der Waals surface area contributed by atoms with Gasteiger partial charge in [0.05, 0.1) is 12.7 Å². The van der Waals surface area contributed by atoms with E-state index >= 15 is 0 Å². The minimum Gasteiger partial charge on any atom is -0.507 e. The molecule has 0 spiro atoms. The topological polar surface area (TPSA) is 144 Å². The summed E-state index contributed by atoms with van der Waals surface area (Å²) in [6.07, 6.45) is 0. The first-order valence-electron chi connectivity index (χ1n) is 11.6. The van der Waals surface area contributed by atoms with Crippen LogP contribution < -0.4 is 10.5 Å². The third-order valence-electron chi connectivity index (χ3n) is 6.06. The summed E-state index contributed by atoms with van der Waals surface area (Å²) in [5.74, 6) is -0.709. The SMILES string of the molecule is CCN(CC)C(=O)c1ccc(-c2cc(-c3nnc(C(N)=O)n3-c3ccc(OC)cc3)c(O)cc2O)cc1. The first kappa shape index (κ1) is 25.2. The molecule has 0 aliphatic carbocycles. The van der Waals surface area contributed by atoms with E-state index in [9.17, 15) is 19.8 Å². The molecule has 0 fully saturated rings. The van der Waals surface area contributed by atoms with E-state index in [4.69, 9.17) is 10.5 Å². The second kappa shape index (κ2) is 10.4. The van der Waals surface area contributed by atoms with Gasteiger partial charge in [0.25, 0.3) is 11.8 Å². The Labute approximate surface area is 213 Å². The van der Waals surface area contributed by atoms with Crippen LogP contribution in [0.15, 0.2) is 60.7 Å². The number of phenols is 2. The van der Waals surface area contributed by atoms with Gasteiger partial charge in [0.15, 0.2) is 5.82 Å². The lowest BCUT2D eigenvalue weighted by atomic mass is 9.99. The fourth-order valence-corrected chi connectivity index (χ4v) is 4.07. The first-order valence-corrected chi connectivity index (χ1v) is 11.6. The zero-order valence-electron chi connectivity index (χ0n) is 20.7. The molecule has 190 valence electrons. The van der Waals surface area contributed by atoms with Crippen LogP contribution in [0.1, 0.15) is 34.8 Å². The predicted octanol–water partition coefficient (Wildman–Crippen LogP) is 3.60. The molecule has 4 N–H and O–H groups in total. The van der Waals surface area contributed by atoms with E-state index in [1.54, 1.807) is 59.5 Å². The molecule has 4 rings (SSSR count). The Morgan fingerprint density at radius 2 is 1.54 bits per heavy atom. The molecule has 1 heterocycles. The number of primary amides is 1. The van der Waals surface area contributed by atoms with Crippen molar-refractivity contribution < 1.29 is 24.5 Å². The van der Waals surface area contributed by atoms with Crippen LogP contribution in [0, 0.1) is 0 Å². The molecule has 0 aliphatic heterocycles. The van der Waals surface area contributed by atoms with E-state index in [1.807, 2.05) is 13.8 Å². The summed E-state index contributed by atoms with van der Waals surface area (Å²) in [6.45, 7) is 5.03. The molecule has 4 aromatic rings. The summed E-state index contributed by atoms with van der Waals surface area (Å²) >= 11 is 0. The second-order valence-corrected chi connectivity index (χ2v) is 8.19. The van der Waals surface area contributed by atoms with E-state index in [1.165, 1.54) is 17.7 Å². The number of hydrogen-bond acceptors (Lipinski definition) is 7. The van der Waals surface area contributed by atoms with Gasteiger partial charge in [0, 0.05) is 36.0 Å².